The second kappa shape index (κ2) is 2.61. The van der Waals surface area contributed by atoms with E-state index in [9.17, 15) is 0 Å². The number of halogens is 1. The van der Waals surface area contributed by atoms with Crippen molar-refractivity contribution < 1.29 is 0 Å². The fraction of sp³-hybridized carbons (Fsp3) is 0.714. The first-order chi connectivity index (χ1) is 4.22. The Morgan fingerprint density at radius 2 is 2.44 bits per heavy atom. The van der Waals surface area contributed by atoms with E-state index in [4.69, 9.17) is 11.6 Å². The van der Waals surface area contributed by atoms with Gasteiger partial charge in [0.2, 0.25) is 0 Å². The highest BCUT2D eigenvalue weighted by Crippen LogP contribution is 2.20. The van der Waals surface area contributed by atoms with Crippen LogP contribution in [0.3, 0.4) is 0 Å². The molecule has 1 aliphatic rings. The molecular formula is C7H12ClN. The van der Waals surface area contributed by atoms with Crippen LogP contribution in [0.2, 0.25) is 0 Å². The first kappa shape index (κ1) is 6.94. The van der Waals surface area contributed by atoms with Crippen LogP contribution >= 0.6 is 11.6 Å². The van der Waals surface area contributed by atoms with Gasteiger partial charge in [-0.1, -0.05) is 11.6 Å². The van der Waals surface area contributed by atoms with Gasteiger partial charge in [0, 0.05) is 13.1 Å². The lowest BCUT2D eigenvalue weighted by molar-refractivity contribution is 0.309. The van der Waals surface area contributed by atoms with Gasteiger partial charge in [0.15, 0.2) is 0 Å². The Balaban J connectivity index is 2.62. The highest BCUT2D eigenvalue weighted by molar-refractivity contribution is 6.29. The average Bonchev–Trinajstić information content (AvgIpc) is 1.83. The number of hydrogen-bond donors (Lipinski definition) is 0. The third kappa shape index (κ3) is 1.39. The zero-order chi connectivity index (χ0) is 6.85. The Labute approximate surface area is 61.3 Å². The molecule has 9 heavy (non-hydrogen) atoms. The van der Waals surface area contributed by atoms with Gasteiger partial charge in [0.25, 0.3) is 0 Å². The van der Waals surface area contributed by atoms with E-state index in [-0.39, 0.29) is 0 Å². The van der Waals surface area contributed by atoms with E-state index in [0.717, 1.165) is 11.6 Å². The lowest BCUT2D eigenvalue weighted by atomic mass is 10.1. The van der Waals surface area contributed by atoms with Crippen LogP contribution < -0.4 is 0 Å². The van der Waals surface area contributed by atoms with Crippen LogP contribution in [0.5, 0.6) is 0 Å². The minimum absolute atomic E-state index is 0.613. The Kier molecular flexibility index (Phi) is 2.01. The maximum atomic E-state index is 5.85. The zero-order valence-electron chi connectivity index (χ0n) is 5.89. The molecule has 1 heterocycles. The molecular weight excluding hydrogens is 134 g/mol. The molecule has 0 aromatic heterocycles. The van der Waals surface area contributed by atoms with Crippen molar-refractivity contribution in [3.8, 4) is 0 Å². The Morgan fingerprint density at radius 3 is 2.89 bits per heavy atom. The van der Waals surface area contributed by atoms with E-state index in [1.165, 1.54) is 6.42 Å². The van der Waals surface area contributed by atoms with E-state index < -0.39 is 0 Å². The minimum Gasteiger partial charge on any atom is -0.363 e. The van der Waals surface area contributed by atoms with Gasteiger partial charge in [-0.3, -0.25) is 0 Å². The summed E-state index contributed by atoms with van der Waals surface area (Å²) in [5, 5.41) is 0.897. The van der Waals surface area contributed by atoms with E-state index in [1.807, 2.05) is 7.05 Å². The highest BCUT2D eigenvalue weighted by Gasteiger charge is 2.13. The number of allylic oxidation sites excluding steroid dienone is 1. The minimum atomic E-state index is 0.613. The lowest BCUT2D eigenvalue weighted by Crippen LogP contribution is -2.28. The molecule has 1 aliphatic heterocycles. The van der Waals surface area contributed by atoms with Gasteiger partial charge in [-0.15, -0.1) is 0 Å². The average molecular weight is 146 g/mol. The molecule has 0 N–H and O–H groups in total. The summed E-state index contributed by atoms with van der Waals surface area (Å²) in [6.07, 6.45) is 4.43. The fourth-order valence-corrected chi connectivity index (χ4v) is 1.27. The molecule has 1 nitrogen and oxygen atoms in total. The predicted molar refractivity (Wildman–Crippen MR) is 40.4 cm³/mol. The summed E-state index contributed by atoms with van der Waals surface area (Å²) in [6, 6.07) is 0.613. The van der Waals surface area contributed by atoms with Crippen molar-refractivity contribution in [3.05, 3.63) is 11.2 Å². The Hall–Kier alpha value is -0.170. The molecule has 0 aliphatic carbocycles. The molecule has 1 atom stereocenters. The number of nitrogens with zero attached hydrogens (tertiary/aromatic N) is 1. The first-order valence-corrected chi connectivity index (χ1v) is 3.68. The summed E-state index contributed by atoms with van der Waals surface area (Å²) in [7, 11) is 2.03. The molecule has 0 fully saturated rings. The van der Waals surface area contributed by atoms with Gasteiger partial charge in [0.05, 0.1) is 0 Å². The molecule has 0 aromatic rings. The first-order valence-electron chi connectivity index (χ1n) is 3.30. The molecule has 0 bridgehead atoms. The third-order valence-corrected chi connectivity index (χ3v) is 2.32. The number of rotatable bonds is 0. The van der Waals surface area contributed by atoms with Crippen LogP contribution in [0, 0.1) is 0 Å². The highest BCUT2D eigenvalue weighted by atomic mass is 35.5. The molecule has 0 amide bonds. The van der Waals surface area contributed by atoms with Crippen LogP contribution in [0.15, 0.2) is 11.2 Å². The van der Waals surface area contributed by atoms with Crippen molar-refractivity contribution in [3.63, 3.8) is 0 Å². The lowest BCUT2D eigenvalue weighted by Gasteiger charge is -2.29. The van der Waals surface area contributed by atoms with E-state index in [2.05, 4.69) is 17.9 Å². The molecule has 2 heteroatoms. The molecule has 1 unspecified atom stereocenters. The van der Waals surface area contributed by atoms with Crippen molar-refractivity contribution in [1.82, 2.24) is 4.90 Å². The van der Waals surface area contributed by atoms with E-state index >= 15 is 0 Å². The SMILES string of the molecule is CC1CCC=C(Cl)N1C. The molecule has 0 radical (unpaired) electrons. The van der Waals surface area contributed by atoms with Crippen LogP contribution in [0.4, 0.5) is 0 Å². The Morgan fingerprint density at radius 1 is 1.78 bits per heavy atom. The molecule has 0 saturated heterocycles. The summed E-state index contributed by atoms with van der Waals surface area (Å²) in [6.45, 7) is 2.19. The smallest absolute Gasteiger partial charge is 0.100 e. The van der Waals surface area contributed by atoms with Gasteiger partial charge in [-0.05, 0) is 25.8 Å². The van der Waals surface area contributed by atoms with Crippen molar-refractivity contribution in [2.75, 3.05) is 7.05 Å². The second-order valence-electron chi connectivity index (χ2n) is 2.56. The zero-order valence-corrected chi connectivity index (χ0v) is 6.65. The largest absolute Gasteiger partial charge is 0.363 e. The molecule has 0 aromatic carbocycles. The van der Waals surface area contributed by atoms with Crippen LogP contribution in [0.25, 0.3) is 0 Å². The maximum absolute atomic E-state index is 5.85. The summed E-state index contributed by atoms with van der Waals surface area (Å²) in [5.41, 5.74) is 0. The van der Waals surface area contributed by atoms with Crippen molar-refractivity contribution in [2.24, 2.45) is 0 Å². The number of hydrogen-bond acceptors (Lipinski definition) is 1. The van der Waals surface area contributed by atoms with E-state index in [1.54, 1.807) is 0 Å². The molecule has 1 rings (SSSR count). The topological polar surface area (TPSA) is 3.24 Å². The Bertz CT molecular complexity index is 131. The summed E-state index contributed by atoms with van der Waals surface area (Å²) < 4.78 is 0. The van der Waals surface area contributed by atoms with Crippen molar-refractivity contribution in [1.29, 1.82) is 0 Å². The normalized spacial score (nSPS) is 28.1. The van der Waals surface area contributed by atoms with E-state index in [0.29, 0.717) is 6.04 Å². The van der Waals surface area contributed by atoms with Gasteiger partial charge in [-0.2, -0.15) is 0 Å². The van der Waals surface area contributed by atoms with Crippen LogP contribution in [-0.4, -0.2) is 18.0 Å². The second-order valence-corrected chi connectivity index (χ2v) is 2.95. The van der Waals surface area contributed by atoms with Crippen molar-refractivity contribution >= 4 is 11.6 Å². The van der Waals surface area contributed by atoms with Gasteiger partial charge in [-0.25, -0.2) is 0 Å². The van der Waals surface area contributed by atoms with Crippen LogP contribution in [-0.2, 0) is 0 Å². The molecule has 0 spiro atoms. The van der Waals surface area contributed by atoms with Gasteiger partial charge >= 0.3 is 0 Å². The van der Waals surface area contributed by atoms with Gasteiger partial charge < -0.3 is 4.90 Å². The summed E-state index contributed by atoms with van der Waals surface area (Å²) >= 11 is 5.85. The molecule has 52 valence electrons. The monoisotopic (exact) mass is 145 g/mol. The summed E-state index contributed by atoms with van der Waals surface area (Å²) in [4.78, 5) is 2.10. The predicted octanol–water partition coefficient (Wildman–Crippen LogP) is 2.18. The third-order valence-electron chi connectivity index (χ3n) is 1.90. The molecule has 0 saturated carbocycles. The van der Waals surface area contributed by atoms with Gasteiger partial charge in [0.1, 0.15) is 5.16 Å². The summed E-state index contributed by atoms with van der Waals surface area (Å²) in [5.74, 6) is 0. The maximum Gasteiger partial charge on any atom is 0.100 e. The fourth-order valence-electron chi connectivity index (χ4n) is 0.992. The van der Waals surface area contributed by atoms with Crippen LogP contribution in [0.1, 0.15) is 19.8 Å². The quantitative estimate of drug-likeness (QED) is 0.473. The standard InChI is InChI=1S/C7H12ClN/c1-6-4-3-5-7(8)9(6)2/h5-6H,3-4H2,1-2H3. The van der Waals surface area contributed by atoms with Crippen molar-refractivity contribution in [2.45, 2.75) is 25.8 Å².